The molecule has 0 atom stereocenters. The molecule has 146 valence electrons. The van der Waals surface area contributed by atoms with Gasteiger partial charge in [-0.15, -0.1) is 11.8 Å². The fourth-order valence-electron chi connectivity index (χ4n) is 4.29. The fourth-order valence-corrected chi connectivity index (χ4v) is 5.31. The second-order valence-electron chi connectivity index (χ2n) is 7.52. The van der Waals surface area contributed by atoms with Crippen LogP contribution in [0.5, 0.6) is 5.75 Å². The highest BCUT2D eigenvalue weighted by atomic mass is 32.2. The van der Waals surface area contributed by atoms with Gasteiger partial charge in [0.05, 0.1) is 12.3 Å². The molecule has 3 aromatic carbocycles. The monoisotopic (exact) mass is 399 g/mol. The Hall–Kier alpha value is -2.65. The number of aromatic nitrogens is 1. The molecule has 0 radical (unpaired) electrons. The van der Waals surface area contributed by atoms with Crippen molar-refractivity contribution in [3.05, 3.63) is 83.9 Å². The Morgan fingerprint density at radius 3 is 2.76 bits per heavy atom. The third kappa shape index (κ3) is 3.44. The minimum Gasteiger partial charge on any atom is -0.494 e. The molecule has 0 saturated heterocycles. The number of aryl methyl sites for hydroxylation is 1. The lowest BCUT2D eigenvalue weighted by atomic mass is 10.0. The Morgan fingerprint density at radius 1 is 0.966 bits per heavy atom. The molecular weight excluding hydrogens is 374 g/mol. The third-order valence-electron chi connectivity index (χ3n) is 5.54. The second-order valence-corrected chi connectivity index (χ2v) is 8.66. The van der Waals surface area contributed by atoms with E-state index in [-0.39, 0.29) is 0 Å². The number of para-hydroxylation sites is 1. The lowest BCUT2D eigenvalue weighted by molar-refractivity contribution is 0.317. The molecule has 0 bridgehead atoms. The van der Waals surface area contributed by atoms with Crippen molar-refractivity contribution < 1.29 is 4.74 Å². The van der Waals surface area contributed by atoms with Crippen molar-refractivity contribution in [2.24, 2.45) is 0 Å². The molecule has 0 amide bonds. The van der Waals surface area contributed by atoms with Crippen molar-refractivity contribution in [1.29, 1.82) is 0 Å². The van der Waals surface area contributed by atoms with Gasteiger partial charge in [0, 0.05) is 33.7 Å². The van der Waals surface area contributed by atoms with Gasteiger partial charge in [0.2, 0.25) is 0 Å². The zero-order chi connectivity index (χ0) is 19.6. The topological polar surface area (TPSA) is 14.2 Å². The number of hydrogen-bond donors (Lipinski definition) is 0. The van der Waals surface area contributed by atoms with Crippen LogP contribution in [0, 0.1) is 0 Å². The summed E-state index contributed by atoms with van der Waals surface area (Å²) in [4.78, 5) is 1.38. The molecule has 2 nitrogen and oxygen atoms in total. The average Bonchev–Trinajstić information content (AvgIpc) is 2.93. The molecule has 0 unspecified atom stereocenters. The van der Waals surface area contributed by atoms with Crippen molar-refractivity contribution in [3.8, 4) is 17.0 Å². The molecule has 0 saturated carbocycles. The van der Waals surface area contributed by atoms with Gasteiger partial charge in [-0.05, 0) is 48.2 Å². The molecule has 0 fully saturated rings. The van der Waals surface area contributed by atoms with E-state index in [9.17, 15) is 0 Å². The first-order valence-corrected chi connectivity index (χ1v) is 11.4. The number of rotatable bonds is 5. The summed E-state index contributed by atoms with van der Waals surface area (Å²) in [6.07, 6.45) is 2.12. The number of ether oxygens (including phenoxy) is 1. The maximum Gasteiger partial charge on any atom is 0.119 e. The van der Waals surface area contributed by atoms with Crippen LogP contribution in [0.4, 0.5) is 0 Å². The van der Waals surface area contributed by atoms with Gasteiger partial charge in [-0.2, -0.15) is 0 Å². The Bertz CT molecular complexity index is 1160. The van der Waals surface area contributed by atoms with Crippen LogP contribution in [0.1, 0.15) is 24.5 Å². The minimum absolute atomic E-state index is 0.760. The Labute approximate surface area is 176 Å². The van der Waals surface area contributed by atoms with E-state index in [0.717, 1.165) is 37.5 Å². The Kier molecular flexibility index (Phi) is 5.07. The number of fused-ring (bicyclic) bond motifs is 5. The van der Waals surface area contributed by atoms with Gasteiger partial charge in [-0.25, -0.2) is 0 Å². The van der Waals surface area contributed by atoms with Crippen LogP contribution in [0.3, 0.4) is 0 Å². The normalized spacial score (nSPS) is 13.0. The van der Waals surface area contributed by atoms with Gasteiger partial charge in [0.15, 0.2) is 0 Å². The minimum atomic E-state index is 0.760. The van der Waals surface area contributed by atoms with Crippen LogP contribution in [-0.2, 0) is 13.0 Å². The SMILES string of the molecule is CCCOc1cccc(Cn2c3c(c4ccccc42)CCSc2ccccc2-3)c1. The van der Waals surface area contributed by atoms with Crippen molar-refractivity contribution >= 4 is 22.7 Å². The summed E-state index contributed by atoms with van der Waals surface area (Å²) in [6, 6.07) is 26.3. The van der Waals surface area contributed by atoms with Gasteiger partial charge in [0.1, 0.15) is 5.75 Å². The van der Waals surface area contributed by atoms with Crippen LogP contribution >= 0.6 is 11.8 Å². The van der Waals surface area contributed by atoms with Crippen molar-refractivity contribution in [3.63, 3.8) is 0 Å². The van der Waals surface area contributed by atoms with E-state index in [1.807, 2.05) is 11.8 Å². The van der Waals surface area contributed by atoms with E-state index >= 15 is 0 Å². The predicted octanol–water partition coefficient (Wildman–Crippen LogP) is 6.79. The van der Waals surface area contributed by atoms with Gasteiger partial charge in [0.25, 0.3) is 0 Å². The number of hydrogen-bond acceptors (Lipinski definition) is 2. The highest BCUT2D eigenvalue weighted by Gasteiger charge is 2.23. The molecule has 3 heteroatoms. The molecule has 1 aliphatic heterocycles. The van der Waals surface area contributed by atoms with E-state index in [2.05, 4.69) is 84.3 Å². The molecule has 1 aliphatic rings. The summed E-state index contributed by atoms with van der Waals surface area (Å²) in [5, 5.41) is 1.39. The molecule has 1 aromatic heterocycles. The molecule has 0 spiro atoms. The molecule has 0 aliphatic carbocycles. The highest BCUT2D eigenvalue weighted by Crippen LogP contribution is 2.42. The molecule has 0 N–H and O–H groups in total. The standard InChI is InChI=1S/C26H25NOS/c1-2-15-28-20-9-7-8-19(17-20)18-27-24-12-5-3-10-21(24)22-14-16-29-25-13-6-4-11-23(25)26(22)27/h3-13,17H,2,14-16,18H2,1H3. The van der Waals surface area contributed by atoms with Gasteiger partial charge >= 0.3 is 0 Å². The van der Waals surface area contributed by atoms with Crippen LogP contribution in [-0.4, -0.2) is 16.9 Å². The smallest absolute Gasteiger partial charge is 0.119 e. The average molecular weight is 400 g/mol. The van der Waals surface area contributed by atoms with Crippen molar-refractivity contribution in [2.45, 2.75) is 31.2 Å². The molecule has 5 rings (SSSR count). The molecule has 29 heavy (non-hydrogen) atoms. The zero-order valence-electron chi connectivity index (χ0n) is 16.7. The quantitative estimate of drug-likeness (QED) is 0.367. The van der Waals surface area contributed by atoms with E-state index in [0.29, 0.717) is 0 Å². The highest BCUT2D eigenvalue weighted by molar-refractivity contribution is 7.99. The van der Waals surface area contributed by atoms with E-state index < -0.39 is 0 Å². The van der Waals surface area contributed by atoms with Gasteiger partial charge in [-0.3, -0.25) is 0 Å². The van der Waals surface area contributed by atoms with E-state index in [1.54, 1.807) is 0 Å². The fraction of sp³-hybridized carbons (Fsp3) is 0.231. The Balaban J connectivity index is 1.67. The summed E-state index contributed by atoms with van der Waals surface area (Å²) in [5.74, 6) is 2.08. The summed E-state index contributed by atoms with van der Waals surface area (Å²) in [5.41, 5.74) is 6.82. The first kappa shape index (κ1) is 18.4. The number of nitrogens with zero attached hydrogens (tertiary/aromatic N) is 1. The first-order chi connectivity index (χ1) is 14.3. The summed E-state index contributed by atoms with van der Waals surface area (Å²) >= 11 is 1.97. The molecule has 4 aromatic rings. The molecule has 2 heterocycles. The maximum atomic E-state index is 5.88. The van der Waals surface area contributed by atoms with Crippen LogP contribution < -0.4 is 4.74 Å². The predicted molar refractivity (Wildman–Crippen MR) is 123 cm³/mol. The van der Waals surface area contributed by atoms with E-state index in [1.165, 1.54) is 38.2 Å². The van der Waals surface area contributed by atoms with Crippen molar-refractivity contribution in [2.75, 3.05) is 12.4 Å². The zero-order valence-corrected chi connectivity index (χ0v) is 17.5. The molecular formula is C26H25NOS. The van der Waals surface area contributed by atoms with Crippen LogP contribution in [0.25, 0.3) is 22.2 Å². The van der Waals surface area contributed by atoms with E-state index in [4.69, 9.17) is 4.74 Å². The van der Waals surface area contributed by atoms with Gasteiger partial charge < -0.3 is 9.30 Å². The first-order valence-electron chi connectivity index (χ1n) is 10.4. The Morgan fingerprint density at radius 2 is 1.83 bits per heavy atom. The summed E-state index contributed by atoms with van der Waals surface area (Å²) in [7, 11) is 0. The third-order valence-corrected chi connectivity index (χ3v) is 6.61. The van der Waals surface area contributed by atoms with Gasteiger partial charge in [-0.1, -0.05) is 55.5 Å². The van der Waals surface area contributed by atoms with Crippen molar-refractivity contribution in [1.82, 2.24) is 4.57 Å². The summed E-state index contributed by atoms with van der Waals surface area (Å²) < 4.78 is 8.39. The van der Waals surface area contributed by atoms with Crippen LogP contribution in [0.15, 0.2) is 77.7 Å². The second kappa shape index (κ2) is 8.00. The number of thioether (sulfide) groups is 1. The van der Waals surface area contributed by atoms with Crippen LogP contribution in [0.2, 0.25) is 0 Å². The largest absolute Gasteiger partial charge is 0.494 e. The summed E-state index contributed by atoms with van der Waals surface area (Å²) in [6.45, 7) is 3.74. The number of benzene rings is 3. The lowest BCUT2D eigenvalue weighted by Gasteiger charge is -2.14. The maximum absolute atomic E-state index is 5.88. The lowest BCUT2D eigenvalue weighted by Crippen LogP contribution is -2.03.